The molecule has 20 heavy (non-hydrogen) atoms. The molecule has 0 spiro atoms. The van der Waals surface area contributed by atoms with Crippen molar-refractivity contribution in [3.63, 3.8) is 0 Å². The number of benzene rings is 1. The maximum atomic E-state index is 13.8. The molecule has 0 bridgehead atoms. The molecule has 0 radical (unpaired) electrons. The lowest BCUT2D eigenvalue weighted by molar-refractivity contribution is 0.0563. The van der Waals surface area contributed by atoms with Gasteiger partial charge in [-0.25, -0.2) is 9.18 Å². The van der Waals surface area contributed by atoms with Crippen molar-refractivity contribution in [1.82, 2.24) is 0 Å². The standard InChI is InChI=1S/C15H19BrFNO2/c1-9-5-6-10-7-11(16)12(17)8-13(10)18(9)14(19)20-15(2,3)4/h7-9H,5-6H2,1-4H3. The van der Waals surface area contributed by atoms with E-state index in [0.717, 1.165) is 18.4 Å². The van der Waals surface area contributed by atoms with E-state index >= 15 is 0 Å². The van der Waals surface area contributed by atoms with Gasteiger partial charge in [0.05, 0.1) is 10.2 Å². The molecule has 1 atom stereocenters. The van der Waals surface area contributed by atoms with E-state index in [1.54, 1.807) is 11.0 Å². The van der Waals surface area contributed by atoms with Crippen LogP contribution < -0.4 is 4.90 Å². The molecule has 1 unspecified atom stereocenters. The number of ether oxygens (including phenoxy) is 1. The van der Waals surface area contributed by atoms with Gasteiger partial charge >= 0.3 is 6.09 Å². The van der Waals surface area contributed by atoms with Crippen LogP contribution in [0.2, 0.25) is 0 Å². The van der Waals surface area contributed by atoms with Gasteiger partial charge in [-0.2, -0.15) is 0 Å². The highest BCUT2D eigenvalue weighted by Gasteiger charge is 2.32. The lowest BCUT2D eigenvalue weighted by Gasteiger charge is -2.36. The summed E-state index contributed by atoms with van der Waals surface area (Å²) in [6.45, 7) is 7.42. The minimum absolute atomic E-state index is 0.00192. The van der Waals surface area contributed by atoms with Crippen molar-refractivity contribution >= 4 is 27.7 Å². The molecule has 0 saturated carbocycles. The van der Waals surface area contributed by atoms with Gasteiger partial charge in [0.25, 0.3) is 0 Å². The van der Waals surface area contributed by atoms with Crippen LogP contribution in [0, 0.1) is 5.82 Å². The summed E-state index contributed by atoms with van der Waals surface area (Å²) >= 11 is 3.19. The number of carbonyl (C=O) groups excluding carboxylic acids is 1. The average Bonchev–Trinajstić information content (AvgIpc) is 2.28. The van der Waals surface area contributed by atoms with Gasteiger partial charge in [0.15, 0.2) is 0 Å². The van der Waals surface area contributed by atoms with Crippen LogP contribution in [0.15, 0.2) is 16.6 Å². The molecule has 5 heteroatoms. The Morgan fingerprint density at radius 2 is 2.10 bits per heavy atom. The zero-order chi connectivity index (χ0) is 15.1. The molecular weight excluding hydrogens is 325 g/mol. The van der Waals surface area contributed by atoms with Crippen LogP contribution in [0.4, 0.5) is 14.9 Å². The fourth-order valence-corrected chi connectivity index (χ4v) is 2.71. The molecule has 3 nitrogen and oxygen atoms in total. The quantitative estimate of drug-likeness (QED) is 0.685. The number of nitrogens with zero attached hydrogens (tertiary/aromatic N) is 1. The molecule has 1 aromatic carbocycles. The van der Waals surface area contributed by atoms with Gasteiger partial charge in [0, 0.05) is 6.04 Å². The van der Waals surface area contributed by atoms with Crippen LogP contribution >= 0.6 is 15.9 Å². The lowest BCUT2D eigenvalue weighted by Crippen LogP contribution is -2.45. The summed E-state index contributed by atoms with van der Waals surface area (Å²) in [6, 6.07) is 3.14. The van der Waals surface area contributed by atoms with Crippen molar-refractivity contribution in [1.29, 1.82) is 0 Å². The number of rotatable bonds is 0. The Labute approximate surface area is 127 Å². The predicted octanol–water partition coefficient (Wildman–Crippen LogP) is 4.66. The maximum Gasteiger partial charge on any atom is 0.415 e. The second-order valence-electron chi connectivity index (χ2n) is 6.13. The van der Waals surface area contributed by atoms with Crippen molar-refractivity contribution < 1.29 is 13.9 Å². The molecule has 0 aliphatic carbocycles. The average molecular weight is 344 g/mol. The van der Waals surface area contributed by atoms with Gasteiger partial charge in [-0.3, -0.25) is 4.90 Å². The maximum absolute atomic E-state index is 13.8. The normalized spacial score (nSPS) is 18.7. The van der Waals surface area contributed by atoms with Crippen LogP contribution in [-0.4, -0.2) is 17.7 Å². The number of fused-ring (bicyclic) bond motifs is 1. The summed E-state index contributed by atoms with van der Waals surface area (Å²) in [4.78, 5) is 13.9. The number of carbonyl (C=O) groups is 1. The van der Waals surface area contributed by atoms with Crippen molar-refractivity contribution in [2.75, 3.05) is 4.90 Å². The number of hydrogen-bond donors (Lipinski definition) is 0. The highest BCUT2D eigenvalue weighted by atomic mass is 79.9. The summed E-state index contributed by atoms with van der Waals surface area (Å²) in [5.41, 5.74) is 1.00. The van der Waals surface area contributed by atoms with Crippen molar-refractivity contribution in [2.45, 2.75) is 52.2 Å². The Balaban J connectivity index is 2.39. The summed E-state index contributed by atoms with van der Waals surface area (Å²) in [7, 11) is 0. The summed E-state index contributed by atoms with van der Waals surface area (Å²) in [5.74, 6) is -0.369. The first-order chi connectivity index (χ1) is 9.19. The van der Waals surface area contributed by atoms with Crippen LogP contribution in [0.25, 0.3) is 0 Å². The van der Waals surface area contributed by atoms with Gasteiger partial charge in [-0.15, -0.1) is 0 Å². The number of halogens is 2. The fourth-order valence-electron chi connectivity index (χ4n) is 2.32. The SMILES string of the molecule is CC1CCc2cc(Br)c(F)cc2N1C(=O)OC(C)(C)C. The van der Waals surface area contributed by atoms with E-state index in [4.69, 9.17) is 4.74 Å². The predicted molar refractivity (Wildman–Crippen MR) is 80.6 cm³/mol. The molecule has 1 aliphatic rings. The number of anilines is 1. The summed E-state index contributed by atoms with van der Waals surface area (Å²) < 4.78 is 19.6. The third kappa shape index (κ3) is 3.14. The molecule has 0 aromatic heterocycles. The molecule has 2 rings (SSSR count). The number of hydrogen-bond acceptors (Lipinski definition) is 2. The molecule has 1 aromatic rings. The smallest absolute Gasteiger partial charge is 0.415 e. The van der Waals surface area contributed by atoms with Crippen LogP contribution in [0.3, 0.4) is 0 Å². The van der Waals surface area contributed by atoms with Crippen molar-refractivity contribution in [2.24, 2.45) is 0 Å². The zero-order valence-electron chi connectivity index (χ0n) is 12.2. The minimum atomic E-state index is -0.567. The first kappa shape index (κ1) is 15.3. The lowest BCUT2D eigenvalue weighted by atomic mass is 9.97. The first-order valence-corrected chi connectivity index (χ1v) is 7.48. The molecule has 0 N–H and O–H groups in total. The van der Waals surface area contributed by atoms with E-state index in [1.165, 1.54) is 6.07 Å². The van der Waals surface area contributed by atoms with Gasteiger partial charge in [0.1, 0.15) is 11.4 Å². The van der Waals surface area contributed by atoms with Crippen molar-refractivity contribution in [3.05, 3.63) is 28.0 Å². The third-order valence-electron chi connectivity index (χ3n) is 3.24. The Morgan fingerprint density at radius 1 is 1.45 bits per heavy atom. The van der Waals surface area contributed by atoms with E-state index in [0.29, 0.717) is 10.2 Å². The topological polar surface area (TPSA) is 29.5 Å². The molecule has 1 aliphatic heterocycles. The first-order valence-electron chi connectivity index (χ1n) is 6.69. The Kier molecular flexibility index (Phi) is 4.09. The highest BCUT2D eigenvalue weighted by Crippen LogP contribution is 2.35. The molecule has 1 heterocycles. The van der Waals surface area contributed by atoms with E-state index in [9.17, 15) is 9.18 Å². The van der Waals surface area contributed by atoms with E-state index in [2.05, 4.69) is 15.9 Å². The van der Waals surface area contributed by atoms with E-state index in [1.807, 2.05) is 27.7 Å². The largest absolute Gasteiger partial charge is 0.443 e. The van der Waals surface area contributed by atoms with Crippen LogP contribution in [0.5, 0.6) is 0 Å². The second kappa shape index (κ2) is 5.35. The second-order valence-corrected chi connectivity index (χ2v) is 6.99. The Morgan fingerprint density at radius 3 is 2.70 bits per heavy atom. The highest BCUT2D eigenvalue weighted by molar-refractivity contribution is 9.10. The van der Waals surface area contributed by atoms with Gasteiger partial charge < -0.3 is 4.74 Å². The minimum Gasteiger partial charge on any atom is -0.443 e. The number of amides is 1. The molecule has 110 valence electrons. The Bertz CT molecular complexity index is 539. The molecule has 0 saturated heterocycles. The van der Waals surface area contributed by atoms with Crippen molar-refractivity contribution in [3.8, 4) is 0 Å². The number of aryl methyl sites for hydroxylation is 1. The van der Waals surface area contributed by atoms with Gasteiger partial charge in [-0.05, 0) is 74.2 Å². The van der Waals surface area contributed by atoms with E-state index < -0.39 is 11.7 Å². The van der Waals surface area contributed by atoms with Gasteiger partial charge in [-0.1, -0.05) is 0 Å². The van der Waals surface area contributed by atoms with E-state index in [-0.39, 0.29) is 11.9 Å². The zero-order valence-corrected chi connectivity index (χ0v) is 13.8. The third-order valence-corrected chi connectivity index (χ3v) is 3.85. The molecule has 0 fully saturated rings. The monoisotopic (exact) mass is 343 g/mol. The molecule has 1 amide bonds. The Hall–Kier alpha value is -1.10. The fraction of sp³-hybridized carbons (Fsp3) is 0.533. The van der Waals surface area contributed by atoms with Crippen LogP contribution in [-0.2, 0) is 11.2 Å². The van der Waals surface area contributed by atoms with Crippen LogP contribution in [0.1, 0.15) is 39.7 Å². The summed E-state index contributed by atoms with van der Waals surface area (Å²) in [5, 5.41) is 0. The van der Waals surface area contributed by atoms with Gasteiger partial charge in [0.2, 0.25) is 0 Å². The molecular formula is C15H19BrFNO2. The summed E-state index contributed by atoms with van der Waals surface area (Å²) in [6.07, 6.45) is 1.24.